The topological polar surface area (TPSA) is 101 Å². The zero-order chi connectivity index (χ0) is 29.8. The summed E-state index contributed by atoms with van der Waals surface area (Å²) in [6.07, 6.45) is -4.39. The third-order valence-electron chi connectivity index (χ3n) is 6.81. The second kappa shape index (κ2) is 12.5. The number of hydrogen-bond donors (Lipinski definition) is 0. The van der Waals surface area contributed by atoms with Crippen molar-refractivity contribution >= 4 is 39.5 Å². The molecule has 1 aromatic heterocycles. The quantitative estimate of drug-likeness (QED) is 0.154. The van der Waals surface area contributed by atoms with E-state index in [0.29, 0.717) is 20.8 Å². The van der Waals surface area contributed by atoms with Crippen molar-refractivity contribution in [3.05, 3.63) is 137 Å². The first-order valence-electron chi connectivity index (χ1n) is 13.4. The van der Waals surface area contributed by atoms with Gasteiger partial charge in [0.25, 0.3) is 0 Å². The van der Waals surface area contributed by atoms with Crippen molar-refractivity contribution in [2.45, 2.75) is 24.4 Å². The maximum absolute atomic E-state index is 14.0. The fourth-order valence-corrected chi connectivity index (χ4v) is 5.74. The molecule has 5 aromatic rings. The number of aromatic nitrogens is 1. The van der Waals surface area contributed by atoms with Crippen molar-refractivity contribution in [1.29, 1.82) is 0 Å². The molecule has 1 fully saturated rings. The number of ether oxygens (including phenoxy) is 4. The van der Waals surface area contributed by atoms with Crippen LogP contribution >= 0.6 is 11.3 Å². The molecule has 1 aliphatic heterocycles. The third kappa shape index (κ3) is 6.30. The smallest absolute Gasteiger partial charge is 0.338 e. The van der Waals surface area contributed by atoms with Crippen LogP contribution in [-0.4, -0.2) is 47.8 Å². The van der Waals surface area contributed by atoms with Crippen LogP contribution in [0.5, 0.6) is 0 Å². The fraction of sp³-hybridized carbons (Fsp3) is 0.152. The van der Waals surface area contributed by atoms with Crippen LogP contribution in [0.4, 0.5) is 4.39 Å². The van der Waals surface area contributed by atoms with E-state index in [9.17, 15) is 18.8 Å². The van der Waals surface area contributed by atoms with Gasteiger partial charge in [-0.2, -0.15) is 0 Å². The lowest BCUT2D eigenvalue weighted by Crippen LogP contribution is -2.40. The number of esters is 3. The van der Waals surface area contributed by atoms with E-state index in [2.05, 4.69) is 4.98 Å². The van der Waals surface area contributed by atoms with Crippen LogP contribution in [0.15, 0.2) is 109 Å². The molecule has 6 rings (SSSR count). The number of carbonyl (C=O) groups is 3. The summed E-state index contributed by atoms with van der Waals surface area (Å²) in [6, 6.07) is 29.3. The molecule has 0 bridgehead atoms. The Hall–Kier alpha value is -4.93. The Bertz CT molecular complexity index is 1750. The maximum Gasteiger partial charge on any atom is 0.338 e. The van der Waals surface area contributed by atoms with Crippen molar-refractivity contribution in [2.75, 3.05) is 6.61 Å². The SMILES string of the molecule is O=C(OC[C@H]1O[C@@H](c2nc3cc(F)ccc3s2)[C@H](OC(=O)c2ccccc2)[C@@H]1OC(=O)c1ccccc1)c1ccccc1. The third-order valence-corrected chi connectivity index (χ3v) is 7.91. The second-order valence-electron chi connectivity index (χ2n) is 9.70. The predicted octanol–water partition coefficient (Wildman–Crippen LogP) is 6.18. The van der Waals surface area contributed by atoms with E-state index in [1.54, 1.807) is 97.1 Å². The summed E-state index contributed by atoms with van der Waals surface area (Å²) in [6.45, 7) is -0.310. The lowest BCUT2D eigenvalue weighted by molar-refractivity contribution is -0.0450. The van der Waals surface area contributed by atoms with Crippen molar-refractivity contribution in [3.8, 4) is 0 Å². The van der Waals surface area contributed by atoms with Gasteiger partial charge in [0.05, 0.1) is 26.9 Å². The van der Waals surface area contributed by atoms with E-state index in [-0.39, 0.29) is 17.7 Å². The number of benzene rings is 4. The van der Waals surface area contributed by atoms with Crippen molar-refractivity contribution < 1.29 is 37.7 Å². The van der Waals surface area contributed by atoms with Crippen LogP contribution in [-0.2, 0) is 18.9 Å². The standard InChI is InChI=1S/C33H24FNO7S/c34-23-16-17-26-24(18-23)35-30(43-26)29-28(42-33(38)22-14-8-3-9-15-22)27(41-32(37)21-12-6-2-7-13-21)25(40-29)19-39-31(36)20-10-4-1-5-11-20/h1-18,25,27-29H,19H2/t25-,27-,28-,29-/m1/s1. The Labute approximate surface area is 249 Å². The highest BCUT2D eigenvalue weighted by atomic mass is 32.1. The largest absolute Gasteiger partial charge is 0.459 e. The minimum atomic E-state index is -1.18. The molecule has 0 radical (unpaired) electrons. The summed E-state index contributed by atoms with van der Waals surface area (Å²) >= 11 is 1.23. The van der Waals surface area contributed by atoms with Gasteiger partial charge in [-0.25, -0.2) is 23.8 Å². The van der Waals surface area contributed by atoms with E-state index in [0.717, 1.165) is 0 Å². The molecule has 0 spiro atoms. The first kappa shape index (κ1) is 28.2. The maximum atomic E-state index is 14.0. The normalized spacial score (nSPS) is 19.6. The molecule has 0 saturated carbocycles. The molecule has 2 heterocycles. The van der Waals surface area contributed by atoms with Crippen LogP contribution < -0.4 is 0 Å². The molecule has 0 amide bonds. The molecule has 43 heavy (non-hydrogen) atoms. The minimum absolute atomic E-state index is 0.273. The van der Waals surface area contributed by atoms with Crippen molar-refractivity contribution in [1.82, 2.24) is 4.98 Å². The van der Waals surface area contributed by atoms with E-state index in [4.69, 9.17) is 18.9 Å². The highest BCUT2D eigenvalue weighted by Gasteiger charge is 2.52. The van der Waals surface area contributed by atoms with Crippen LogP contribution in [0.1, 0.15) is 42.2 Å². The molecule has 10 heteroatoms. The lowest BCUT2D eigenvalue weighted by Gasteiger charge is -2.24. The number of thiazole rings is 1. The molecule has 216 valence electrons. The number of halogens is 1. The molecule has 8 nitrogen and oxygen atoms in total. The Morgan fingerprint density at radius 3 is 1.84 bits per heavy atom. The van der Waals surface area contributed by atoms with E-state index in [1.807, 2.05) is 0 Å². The van der Waals surface area contributed by atoms with Gasteiger partial charge in [0.1, 0.15) is 23.5 Å². The van der Waals surface area contributed by atoms with Crippen LogP contribution in [0.3, 0.4) is 0 Å². The molecule has 1 saturated heterocycles. The molecule has 4 atom stereocenters. The Morgan fingerprint density at radius 2 is 1.26 bits per heavy atom. The van der Waals surface area contributed by atoms with E-state index < -0.39 is 48.1 Å². The monoisotopic (exact) mass is 597 g/mol. The summed E-state index contributed by atoms with van der Waals surface area (Å²) in [5.41, 5.74) is 1.28. The number of hydrogen-bond acceptors (Lipinski definition) is 9. The minimum Gasteiger partial charge on any atom is -0.459 e. The molecular weight excluding hydrogens is 573 g/mol. The number of fused-ring (bicyclic) bond motifs is 1. The first-order chi connectivity index (χ1) is 21.0. The Balaban J connectivity index is 1.35. The molecule has 4 aromatic carbocycles. The van der Waals surface area contributed by atoms with Gasteiger partial charge in [0, 0.05) is 6.07 Å². The molecule has 0 unspecified atom stereocenters. The van der Waals surface area contributed by atoms with Crippen molar-refractivity contribution in [3.63, 3.8) is 0 Å². The van der Waals surface area contributed by atoms with Gasteiger partial charge in [-0.3, -0.25) is 0 Å². The van der Waals surface area contributed by atoms with Gasteiger partial charge >= 0.3 is 17.9 Å². The number of carbonyl (C=O) groups excluding carboxylic acids is 3. The fourth-order valence-electron chi connectivity index (χ4n) is 4.72. The molecule has 0 aliphatic carbocycles. The van der Waals surface area contributed by atoms with E-state index in [1.165, 1.54) is 23.5 Å². The lowest BCUT2D eigenvalue weighted by atomic mass is 10.1. The molecular formula is C33H24FNO7S. The first-order valence-corrected chi connectivity index (χ1v) is 14.2. The summed E-state index contributed by atoms with van der Waals surface area (Å²) in [7, 11) is 0. The summed E-state index contributed by atoms with van der Waals surface area (Å²) in [5.74, 6) is -2.41. The van der Waals surface area contributed by atoms with Gasteiger partial charge < -0.3 is 18.9 Å². The highest BCUT2D eigenvalue weighted by molar-refractivity contribution is 7.18. The zero-order valence-electron chi connectivity index (χ0n) is 22.5. The average molecular weight is 598 g/mol. The van der Waals surface area contributed by atoms with Gasteiger partial charge in [-0.1, -0.05) is 54.6 Å². The van der Waals surface area contributed by atoms with Crippen LogP contribution in [0, 0.1) is 5.82 Å². The van der Waals surface area contributed by atoms with E-state index >= 15 is 0 Å². The summed E-state index contributed by atoms with van der Waals surface area (Å²) in [4.78, 5) is 43.9. The highest BCUT2D eigenvalue weighted by Crippen LogP contribution is 2.41. The van der Waals surface area contributed by atoms with Gasteiger partial charge in [-0.15, -0.1) is 11.3 Å². The van der Waals surface area contributed by atoms with Crippen LogP contribution in [0.2, 0.25) is 0 Å². The zero-order valence-corrected chi connectivity index (χ0v) is 23.3. The Kier molecular flexibility index (Phi) is 8.21. The van der Waals surface area contributed by atoms with Crippen LogP contribution in [0.25, 0.3) is 10.2 Å². The van der Waals surface area contributed by atoms with Gasteiger partial charge in [0.2, 0.25) is 0 Å². The second-order valence-corrected chi connectivity index (χ2v) is 10.8. The van der Waals surface area contributed by atoms with Gasteiger partial charge in [-0.05, 0) is 48.5 Å². The van der Waals surface area contributed by atoms with Crippen molar-refractivity contribution in [2.24, 2.45) is 0 Å². The number of nitrogens with zero attached hydrogens (tertiary/aromatic N) is 1. The predicted molar refractivity (Wildman–Crippen MR) is 155 cm³/mol. The summed E-state index contributed by atoms with van der Waals surface area (Å²) < 4.78 is 38.4. The number of rotatable bonds is 8. The molecule has 0 N–H and O–H groups in total. The average Bonchev–Trinajstić information content (AvgIpc) is 3.61. The van der Waals surface area contributed by atoms with Gasteiger partial charge in [0.15, 0.2) is 18.3 Å². The molecule has 1 aliphatic rings. The summed E-state index contributed by atoms with van der Waals surface area (Å²) in [5, 5.41) is 0.379. The Morgan fingerprint density at radius 1 is 0.721 bits per heavy atom.